The molecule has 0 saturated carbocycles. The Bertz CT molecular complexity index is 543. The number of anilines is 1. The predicted octanol–water partition coefficient (Wildman–Crippen LogP) is 2.82. The molecule has 0 bridgehead atoms. The minimum atomic E-state index is -0.232. The first-order chi connectivity index (χ1) is 9.03. The number of aliphatic hydroxyl groups excluding tert-OH is 1. The van der Waals surface area contributed by atoms with Gasteiger partial charge < -0.3 is 14.4 Å². The molecule has 19 heavy (non-hydrogen) atoms. The molecule has 1 aromatic heterocycles. The van der Waals surface area contributed by atoms with Crippen LogP contribution in [0.15, 0.2) is 28.7 Å². The van der Waals surface area contributed by atoms with Crippen LogP contribution >= 0.6 is 0 Å². The van der Waals surface area contributed by atoms with Crippen LogP contribution in [0, 0.1) is 5.41 Å². The lowest BCUT2D eigenvalue weighted by molar-refractivity contribution is 0.123. The zero-order chi connectivity index (χ0) is 13.5. The maximum absolute atomic E-state index is 9.95. The van der Waals surface area contributed by atoms with Gasteiger partial charge in [-0.15, -0.1) is 0 Å². The van der Waals surface area contributed by atoms with Crippen LogP contribution in [0.2, 0.25) is 0 Å². The Morgan fingerprint density at radius 3 is 2.95 bits per heavy atom. The molecular weight excluding hydrogens is 240 g/mol. The van der Waals surface area contributed by atoms with Crippen molar-refractivity contribution < 1.29 is 9.52 Å². The second kappa shape index (κ2) is 4.53. The Hall–Kier alpha value is -1.55. The molecule has 102 valence electrons. The summed E-state index contributed by atoms with van der Waals surface area (Å²) in [6.45, 7) is 6.00. The summed E-state index contributed by atoms with van der Waals surface area (Å²) in [6.07, 6.45) is 1.36. The summed E-state index contributed by atoms with van der Waals surface area (Å²) in [4.78, 5) is 6.70. The summed E-state index contributed by atoms with van der Waals surface area (Å²) in [6, 6.07) is 8.48. The van der Waals surface area contributed by atoms with Crippen molar-refractivity contribution in [2.24, 2.45) is 5.41 Å². The van der Waals surface area contributed by atoms with E-state index < -0.39 is 0 Å². The van der Waals surface area contributed by atoms with Crippen LogP contribution in [0.1, 0.15) is 26.7 Å². The average Bonchev–Trinajstić information content (AvgIpc) is 2.71. The molecule has 2 aromatic rings. The molecule has 4 heteroatoms. The van der Waals surface area contributed by atoms with Gasteiger partial charge in [0.05, 0.1) is 6.10 Å². The summed E-state index contributed by atoms with van der Waals surface area (Å²) in [7, 11) is 0. The highest BCUT2D eigenvalue weighted by Gasteiger charge is 2.31. The van der Waals surface area contributed by atoms with Crippen LogP contribution in [0.25, 0.3) is 11.1 Å². The van der Waals surface area contributed by atoms with E-state index in [1.165, 1.54) is 0 Å². The normalized spacial score (nSPS) is 23.5. The van der Waals surface area contributed by atoms with Crippen molar-refractivity contribution in [2.75, 3.05) is 18.0 Å². The number of nitrogens with zero attached hydrogens (tertiary/aromatic N) is 2. The van der Waals surface area contributed by atoms with Gasteiger partial charge in [0, 0.05) is 13.1 Å². The number of para-hydroxylation sites is 2. The smallest absolute Gasteiger partial charge is 0.298 e. The van der Waals surface area contributed by atoms with Crippen LogP contribution in [-0.2, 0) is 0 Å². The van der Waals surface area contributed by atoms with Crippen LogP contribution in [-0.4, -0.2) is 29.3 Å². The lowest BCUT2D eigenvalue weighted by Gasteiger charge is -2.28. The predicted molar refractivity (Wildman–Crippen MR) is 75.2 cm³/mol. The van der Waals surface area contributed by atoms with Crippen molar-refractivity contribution in [2.45, 2.75) is 32.8 Å². The highest BCUT2D eigenvalue weighted by atomic mass is 16.4. The molecule has 1 N–H and O–H groups in total. The second-order valence-electron chi connectivity index (χ2n) is 6.20. The summed E-state index contributed by atoms with van der Waals surface area (Å²) in [5, 5.41) is 9.95. The number of hydrogen-bond donors (Lipinski definition) is 1. The topological polar surface area (TPSA) is 49.5 Å². The van der Waals surface area contributed by atoms with E-state index in [0.29, 0.717) is 6.01 Å². The first-order valence-corrected chi connectivity index (χ1v) is 6.82. The third kappa shape index (κ3) is 2.59. The van der Waals surface area contributed by atoms with Crippen molar-refractivity contribution in [1.29, 1.82) is 0 Å². The number of benzene rings is 1. The molecule has 0 aliphatic carbocycles. The fraction of sp³-hybridized carbons (Fsp3) is 0.533. The Balaban J connectivity index is 1.91. The van der Waals surface area contributed by atoms with E-state index in [2.05, 4.69) is 23.7 Å². The molecule has 1 saturated heterocycles. The molecule has 3 rings (SSSR count). The lowest BCUT2D eigenvalue weighted by Crippen LogP contribution is -2.32. The summed E-state index contributed by atoms with van der Waals surface area (Å²) in [5.74, 6) is 0. The first kappa shape index (κ1) is 12.5. The molecule has 0 unspecified atom stereocenters. The average molecular weight is 260 g/mol. The van der Waals surface area contributed by atoms with Gasteiger partial charge in [0.15, 0.2) is 5.58 Å². The molecule has 1 aliphatic heterocycles. The largest absolute Gasteiger partial charge is 0.423 e. The summed E-state index contributed by atoms with van der Waals surface area (Å²) in [5.41, 5.74) is 1.77. The Morgan fingerprint density at radius 1 is 1.37 bits per heavy atom. The monoisotopic (exact) mass is 260 g/mol. The van der Waals surface area contributed by atoms with E-state index >= 15 is 0 Å². The molecule has 2 heterocycles. The van der Waals surface area contributed by atoms with Crippen molar-refractivity contribution in [1.82, 2.24) is 4.98 Å². The highest BCUT2D eigenvalue weighted by Crippen LogP contribution is 2.31. The summed E-state index contributed by atoms with van der Waals surface area (Å²) >= 11 is 0. The number of aromatic nitrogens is 1. The first-order valence-electron chi connectivity index (χ1n) is 6.82. The minimum Gasteiger partial charge on any atom is -0.423 e. The fourth-order valence-corrected chi connectivity index (χ4v) is 2.86. The van der Waals surface area contributed by atoms with Gasteiger partial charge in [0.1, 0.15) is 5.52 Å². The number of rotatable bonds is 1. The number of fused-ring (bicyclic) bond motifs is 1. The number of oxazole rings is 1. The lowest BCUT2D eigenvalue weighted by atomic mass is 9.87. The number of hydrogen-bond acceptors (Lipinski definition) is 4. The van der Waals surface area contributed by atoms with E-state index in [1.807, 2.05) is 24.3 Å². The second-order valence-corrected chi connectivity index (χ2v) is 6.20. The molecule has 1 aromatic carbocycles. The molecule has 1 atom stereocenters. The molecular formula is C15H20N2O2. The highest BCUT2D eigenvalue weighted by molar-refractivity contribution is 5.74. The van der Waals surface area contributed by atoms with Crippen LogP contribution in [0.4, 0.5) is 6.01 Å². The van der Waals surface area contributed by atoms with Gasteiger partial charge in [-0.05, 0) is 30.4 Å². The van der Waals surface area contributed by atoms with Crippen molar-refractivity contribution in [3.05, 3.63) is 24.3 Å². The van der Waals surface area contributed by atoms with Gasteiger partial charge in [-0.3, -0.25) is 0 Å². The van der Waals surface area contributed by atoms with Gasteiger partial charge in [-0.25, -0.2) is 0 Å². The molecule has 1 aliphatic rings. The van der Waals surface area contributed by atoms with Gasteiger partial charge in [0.25, 0.3) is 6.01 Å². The molecule has 0 amide bonds. The Labute approximate surface area is 113 Å². The Morgan fingerprint density at radius 2 is 2.16 bits per heavy atom. The standard InChI is InChI=1S/C15H20N2O2/c1-15(2)9-11(18)7-8-17(10-15)14-16-12-5-3-4-6-13(12)19-14/h3-6,11,18H,7-10H2,1-2H3/t11-/m0/s1. The summed E-state index contributed by atoms with van der Waals surface area (Å²) < 4.78 is 5.82. The van der Waals surface area contributed by atoms with Crippen LogP contribution in [0.3, 0.4) is 0 Å². The number of aliphatic hydroxyl groups is 1. The minimum absolute atomic E-state index is 0.0660. The maximum Gasteiger partial charge on any atom is 0.298 e. The molecule has 1 fully saturated rings. The van der Waals surface area contributed by atoms with E-state index in [1.54, 1.807) is 0 Å². The zero-order valence-corrected chi connectivity index (χ0v) is 11.5. The van der Waals surface area contributed by atoms with Crippen molar-refractivity contribution in [3.8, 4) is 0 Å². The zero-order valence-electron chi connectivity index (χ0n) is 11.5. The molecule has 0 spiro atoms. The van der Waals surface area contributed by atoms with E-state index in [4.69, 9.17) is 4.42 Å². The van der Waals surface area contributed by atoms with E-state index in [-0.39, 0.29) is 11.5 Å². The van der Waals surface area contributed by atoms with Gasteiger partial charge in [-0.2, -0.15) is 4.98 Å². The van der Waals surface area contributed by atoms with E-state index in [9.17, 15) is 5.11 Å². The van der Waals surface area contributed by atoms with Crippen molar-refractivity contribution >= 4 is 17.1 Å². The van der Waals surface area contributed by atoms with Crippen LogP contribution in [0.5, 0.6) is 0 Å². The Kier molecular flexibility index (Phi) is 2.97. The third-order valence-electron chi connectivity index (χ3n) is 3.69. The molecule has 0 radical (unpaired) electrons. The van der Waals surface area contributed by atoms with Gasteiger partial charge in [-0.1, -0.05) is 26.0 Å². The van der Waals surface area contributed by atoms with Gasteiger partial charge >= 0.3 is 0 Å². The van der Waals surface area contributed by atoms with Crippen LogP contribution < -0.4 is 4.90 Å². The third-order valence-corrected chi connectivity index (χ3v) is 3.69. The maximum atomic E-state index is 9.95. The van der Waals surface area contributed by atoms with Gasteiger partial charge in [0.2, 0.25) is 0 Å². The SMILES string of the molecule is CC1(C)C[C@@H](O)CCN(c2nc3ccccc3o2)C1. The molecule has 4 nitrogen and oxygen atoms in total. The quantitative estimate of drug-likeness (QED) is 0.856. The van der Waals surface area contributed by atoms with E-state index in [0.717, 1.165) is 37.0 Å². The fourth-order valence-electron chi connectivity index (χ4n) is 2.86. The van der Waals surface area contributed by atoms with Crippen molar-refractivity contribution in [3.63, 3.8) is 0 Å².